The lowest BCUT2D eigenvalue weighted by molar-refractivity contribution is 0.788. The van der Waals surface area contributed by atoms with Crippen LogP contribution >= 0.6 is 11.3 Å². The number of hydrogen-bond acceptors (Lipinski definition) is 3. The predicted octanol–water partition coefficient (Wildman–Crippen LogP) is 1.70. The maximum atomic E-state index is 4.36. The number of hydrogen-bond donors (Lipinski definition) is 0. The molecule has 0 spiro atoms. The molecule has 2 aromatic rings. The minimum Gasteiger partial charge on any atom is -0.331 e. The molecule has 0 aliphatic carbocycles. The summed E-state index contributed by atoms with van der Waals surface area (Å²) in [5.74, 6) is 0. The molecule has 0 bridgehead atoms. The summed E-state index contributed by atoms with van der Waals surface area (Å²) in [5.41, 5.74) is 1.09. The standard InChI is InChI=1S/C8H9N3S/c1-7-5-12-8(10-7)4-11-3-2-9-6-11/h2-3,5-6H,4H2,1H3. The predicted molar refractivity (Wildman–Crippen MR) is 48.2 cm³/mol. The Bertz CT molecular complexity index is 350. The van der Waals surface area contributed by atoms with Crippen LogP contribution in [0.5, 0.6) is 0 Å². The summed E-state index contributed by atoms with van der Waals surface area (Å²) in [6.07, 6.45) is 5.52. The topological polar surface area (TPSA) is 30.7 Å². The Kier molecular flexibility index (Phi) is 1.91. The number of aryl methyl sites for hydroxylation is 1. The quantitative estimate of drug-likeness (QED) is 0.702. The van der Waals surface area contributed by atoms with Gasteiger partial charge in [0.05, 0.1) is 12.9 Å². The van der Waals surface area contributed by atoms with E-state index in [1.165, 1.54) is 0 Å². The van der Waals surface area contributed by atoms with E-state index in [-0.39, 0.29) is 0 Å². The van der Waals surface area contributed by atoms with Gasteiger partial charge in [0.25, 0.3) is 0 Å². The summed E-state index contributed by atoms with van der Waals surface area (Å²) in [6, 6.07) is 0. The molecule has 0 radical (unpaired) electrons. The molecule has 0 saturated heterocycles. The van der Waals surface area contributed by atoms with E-state index in [4.69, 9.17) is 0 Å². The highest BCUT2D eigenvalue weighted by molar-refractivity contribution is 7.09. The molecule has 3 nitrogen and oxygen atoms in total. The van der Waals surface area contributed by atoms with Gasteiger partial charge in [-0.3, -0.25) is 0 Å². The van der Waals surface area contributed by atoms with Crippen molar-refractivity contribution in [3.63, 3.8) is 0 Å². The van der Waals surface area contributed by atoms with E-state index in [0.717, 1.165) is 17.2 Å². The Balaban J connectivity index is 2.14. The van der Waals surface area contributed by atoms with Gasteiger partial charge in [0.2, 0.25) is 0 Å². The molecular weight excluding hydrogens is 170 g/mol. The lowest BCUT2D eigenvalue weighted by Crippen LogP contribution is -1.95. The zero-order valence-electron chi connectivity index (χ0n) is 6.77. The van der Waals surface area contributed by atoms with Gasteiger partial charge >= 0.3 is 0 Å². The summed E-state index contributed by atoms with van der Waals surface area (Å²) in [5, 5.41) is 3.19. The van der Waals surface area contributed by atoms with Crippen LogP contribution in [0.15, 0.2) is 24.1 Å². The maximum Gasteiger partial charge on any atom is 0.113 e. The first-order chi connectivity index (χ1) is 5.84. The Morgan fingerprint density at radius 3 is 3.08 bits per heavy atom. The highest BCUT2D eigenvalue weighted by Crippen LogP contribution is 2.09. The molecule has 12 heavy (non-hydrogen) atoms. The molecule has 0 aliphatic rings. The van der Waals surface area contributed by atoms with Crippen molar-refractivity contribution in [3.8, 4) is 0 Å². The second-order valence-electron chi connectivity index (χ2n) is 2.62. The van der Waals surface area contributed by atoms with E-state index < -0.39 is 0 Å². The van der Waals surface area contributed by atoms with Crippen molar-refractivity contribution in [1.29, 1.82) is 0 Å². The van der Waals surface area contributed by atoms with Crippen molar-refractivity contribution in [3.05, 3.63) is 34.8 Å². The SMILES string of the molecule is Cc1csc(Cn2ccnc2)n1. The normalized spacial score (nSPS) is 10.4. The summed E-state index contributed by atoms with van der Waals surface area (Å²) in [6.45, 7) is 2.84. The number of imidazole rings is 1. The highest BCUT2D eigenvalue weighted by atomic mass is 32.1. The molecule has 0 saturated carbocycles. The van der Waals surface area contributed by atoms with Crippen LogP contribution in [0.1, 0.15) is 10.7 Å². The van der Waals surface area contributed by atoms with E-state index in [0.29, 0.717) is 0 Å². The molecule has 2 aromatic heterocycles. The summed E-state index contributed by atoms with van der Waals surface area (Å²) in [4.78, 5) is 8.32. The van der Waals surface area contributed by atoms with Crippen LogP contribution in [-0.4, -0.2) is 14.5 Å². The van der Waals surface area contributed by atoms with Crippen molar-refractivity contribution >= 4 is 11.3 Å². The molecule has 0 amide bonds. The van der Waals surface area contributed by atoms with Crippen molar-refractivity contribution in [2.45, 2.75) is 13.5 Å². The van der Waals surface area contributed by atoms with E-state index in [2.05, 4.69) is 15.3 Å². The minimum absolute atomic E-state index is 0.832. The first kappa shape index (κ1) is 7.49. The molecule has 4 heteroatoms. The minimum atomic E-state index is 0.832. The first-order valence-electron chi connectivity index (χ1n) is 3.71. The molecule has 0 N–H and O–H groups in total. The third kappa shape index (κ3) is 1.53. The van der Waals surface area contributed by atoms with Crippen LogP contribution in [0.3, 0.4) is 0 Å². The number of nitrogens with zero attached hydrogens (tertiary/aromatic N) is 3. The van der Waals surface area contributed by atoms with Gasteiger partial charge in [0.1, 0.15) is 5.01 Å². The Hall–Kier alpha value is -1.16. The van der Waals surface area contributed by atoms with Crippen LogP contribution in [-0.2, 0) is 6.54 Å². The van der Waals surface area contributed by atoms with Gasteiger partial charge in [-0.05, 0) is 6.92 Å². The highest BCUT2D eigenvalue weighted by Gasteiger charge is 1.98. The summed E-state index contributed by atoms with van der Waals surface area (Å²) in [7, 11) is 0. The van der Waals surface area contributed by atoms with Gasteiger partial charge in [-0.25, -0.2) is 9.97 Å². The number of rotatable bonds is 2. The molecule has 0 atom stereocenters. The van der Waals surface area contributed by atoms with Crippen molar-refractivity contribution in [2.75, 3.05) is 0 Å². The van der Waals surface area contributed by atoms with E-state index in [1.54, 1.807) is 23.9 Å². The van der Waals surface area contributed by atoms with Gasteiger partial charge in [0.15, 0.2) is 0 Å². The first-order valence-corrected chi connectivity index (χ1v) is 4.59. The van der Waals surface area contributed by atoms with Gasteiger partial charge < -0.3 is 4.57 Å². The van der Waals surface area contributed by atoms with Gasteiger partial charge in [-0.2, -0.15) is 0 Å². The molecule has 0 unspecified atom stereocenters. The third-order valence-corrected chi connectivity index (χ3v) is 2.50. The maximum absolute atomic E-state index is 4.36. The fourth-order valence-corrected chi connectivity index (χ4v) is 1.79. The fraction of sp³-hybridized carbons (Fsp3) is 0.250. The number of thiazole rings is 1. The molecule has 2 heterocycles. The Morgan fingerprint density at radius 2 is 2.50 bits per heavy atom. The molecule has 0 aliphatic heterocycles. The van der Waals surface area contributed by atoms with Crippen molar-refractivity contribution in [1.82, 2.24) is 14.5 Å². The van der Waals surface area contributed by atoms with Gasteiger partial charge in [-0.15, -0.1) is 11.3 Å². The van der Waals surface area contributed by atoms with Gasteiger partial charge in [0, 0.05) is 23.5 Å². The van der Waals surface area contributed by atoms with Crippen molar-refractivity contribution < 1.29 is 0 Å². The molecule has 62 valence electrons. The lowest BCUT2D eigenvalue weighted by Gasteiger charge is -1.95. The summed E-state index contributed by atoms with van der Waals surface area (Å²) >= 11 is 1.69. The van der Waals surface area contributed by atoms with Crippen molar-refractivity contribution in [2.24, 2.45) is 0 Å². The number of aromatic nitrogens is 3. The van der Waals surface area contributed by atoms with Crippen LogP contribution in [0.4, 0.5) is 0 Å². The molecule has 0 fully saturated rings. The van der Waals surface area contributed by atoms with E-state index >= 15 is 0 Å². The zero-order valence-corrected chi connectivity index (χ0v) is 7.58. The smallest absolute Gasteiger partial charge is 0.113 e. The van der Waals surface area contributed by atoms with Crippen LogP contribution in [0.25, 0.3) is 0 Å². The second-order valence-corrected chi connectivity index (χ2v) is 3.56. The average Bonchev–Trinajstić information content (AvgIpc) is 2.63. The average molecular weight is 179 g/mol. The molecular formula is C8H9N3S. The molecule has 0 aromatic carbocycles. The van der Waals surface area contributed by atoms with Gasteiger partial charge in [-0.1, -0.05) is 0 Å². The van der Waals surface area contributed by atoms with E-state index in [1.807, 2.05) is 17.7 Å². The zero-order chi connectivity index (χ0) is 8.39. The fourth-order valence-electron chi connectivity index (χ4n) is 1.01. The Morgan fingerprint density at radius 1 is 1.58 bits per heavy atom. The van der Waals surface area contributed by atoms with Crippen LogP contribution in [0, 0.1) is 6.92 Å². The lowest BCUT2D eigenvalue weighted by atomic mass is 10.6. The molecule has 2 rings (SSSR count). The monoisotopic (exact) mass is 179 g/mol. The third-order valence-electron chi connectivity index (χ3n) is 1.54. The largest absolute Gasteiger partial charge is 0.331 e. The van der Waals surface area contributed by atoms with Crippen LogP contribution < -0.4 is 0 Å². The second kappa shape index (κ2) is 3.06. The van der Waals surface area contributed by atoms with E-state index in [9.17, 15) is 0 Å². The Labute approximate surface area is 74.7 Å². The summed E-state index contributed by atoms with van der Waals surface area (Å²) < 4.78 is 2.01. The van der Waals surface area contributed by atoms with Crippen LogP contribution in [0.2, 0.25) is 0 Å².